The monoisotopic (exact) mass is 216 g/mol. The summed E-state index contributed by atoms with van der Waals surface area (Å²) in [5.41, 5.74) is -0.807. The maximum absolute atomic E-state index is 11.5. The first-order valence-corrected chi connectivity index (χ1v) is 5.20. The second-order valence-electron chi connectivity index (χ2n) is 4.98. The summed E-state index contributed by atoms with van der Waals surface area (Å²) in [7, 11) is 0. The van der Waals surface area contributed by atoms with E-state index in [4.69, 9.17) is 9.84 Å². The minimum Gasteiger partial charge on any atom is -0.444 e. The fourth-order valence-corrected chi connectivity index (χ4v) is 1.49. The van der Waals surface area contributed by atoms with Gasteiger partial charge < -0.3 is 20.5 Å². The molecule has 0 radical (unpaired) electrons. The Morgan fingerprint density at radius 2 is 2.13 bits per heavy atom. The molecule has 0 aromatic rings. The molecule has 3 N–H and O–H groups in total. The molecule has 0 atom stereocenters. The topological polar surface area (TPSA) is 70.6 Å². The molecule has 1 amide bonds. The summed E-state index contributed by atoms with van der Waals surface area (Å²) in [6.45, 7) is 6.91. The highest BCUT2D eigenvalue weighted by atomic mass is 16.6. The van der Waals surface area contributed by atoms with Crippen LogP contribution in [-0.2, 0) is 4.74 Å². The van der Waals surface area contributed by atoms with Crippen LogP contribution in [0.25, 0.3) is 0 Å². The zero-order valence-electron chi connectivity index (χ0n) is 9.59. The first kappa shape index (κ1) is 12.3. The molecule has 0 bridgehead atoms. The third-order valence-electron chi connectivity index (χ3n) is 2.28. The number of alkyl carbamates (subject to hydrolysis) is 1. The molecular formula is C10H20N2O3. The molecule has 1 heterocycles. The van der Waals surface area contributed by atoms with E-state index in [0.717, 1.165) is 0 Å². The highest BCUT2D eigenvalue weighted by Gasteiger charge is 2.38. The van der Waals surface area contributed by atoms with Crippen LogP contribution in [0, 0.1) is 0 Å². The van der Waals surface area contributed by atoms with Crippen LogP contribution in [0.2, 0.25) is 0 Å². The molecule has 1 rings (SSSR count). The number of carbonyl (C=O) groups excluding carboxylic acids is 1. The van der Waals surface area contributed by atoms with E-state index in [2.05, 4.69) is 10.6 Å². The summed E-state index contributed by atoms with van der Waals surface area (Å²) < 4.78 is 5.16. The average Bonchev–Trinajstić information content (AvgIpc) is 1.96. The lowest BCUT2D eigenvalue weighted by atomic mass is 9.89. The van der Waals surface area contributed by atoms with Gasteiger partial charge in [-0.15, -0.1) is 0 Å². The Bertz CT molecular complexity index is 231. The van der Waals surface area contributed by atoms with Crippen molar-refractivity contribution in [3.8, 4) is 0 Å². The molecule has 5 heteroatoms. The molecule has 1 aliphatic rings. The number of carbonyl (C=O) groups is 1. The van der Waals surface area contributed by atoms with Crippen molar-refractivity contribution >= 4 is 6.09 Å². The van der Waals surface area contributed by atoms with Crippen molar-refractivity contribution in [2.24, 2.45) is 0 Å². The van der Waals surface area contributed by atoms with Gasteiger partial charge in [-0.2, -0.15) is 0 Å². The largest absolute Gasteiger partial charge is 0.444 e. The predicted octanol–water partition coefficient (Wildman–Crippen LogP) is 0.235. The Balaban J connectivity index is 2.42. The van der Waals surface area contributed by atoms with Crippen molar-refractivity contribution in [3.05, 3.63) is 0 Å². The van der Waals surface area contributed by atoms with Gasteiger partial charge in [0.2, 0.25) is 0 Å². The van der Waals surface area contributed by atoms with Gasteiger partial charge in [-0.25, -0.2) is 4.79 Å². The van der Waals surface area contributed by atoms with Gasteiger partial charge in [-0.3, -0.25) is 0 Å². The van der Waals surface area contributed by atoms with E-state index in [-0.39, 0.29) is 12.1 Å². The summed E-state index contributed by atoms with van der Waals surface area (Å²) in [4.78, 5) is 11.5. The Morgan fingerprint density at radius 1 is 1.53 bits per heavy atom. The van der Waals surface area contributed by atoms with Crippen LogP contribution >= 0.6 is 0 Å². The molecule has 0 aromatic carbocycles. The molecular weight excluding hydrogens is 196 g/mol. The van der Waals surface area contributed by atoms with Crippen LogP contribution < -0.4 is 10.6 Å². The molecule has 88 valence electrons. The van der Waals surface area contributed by atoms with E-state index in [9.17, 15) is 4.79 Å². The lowest BCUT2D eigenvalue weighted by molar-refractivity contribution is 0.0381. The standard InChI is InChI=1S/C10H20N2O3/c1-9(2,3)15-8(14)12-10(4-5-13)6-11-7-10/h11,13H,4-7H2,1-3H3,(H,12,14). The maximum Gasteiger partial charge on any atom is 0.408 e. The lowest BCUT2D eigenvalue weighted by Crippen LogP contribution is -2.69. The maximum atomic E-state index is 11.5. The van der Waals surface area contributed by atoms with Gasteiger partial charge in [-0.1, -0.05) is 0 Å². The number of hydrogen-bond donors (Lipinski definition) is 3. The average molecular weight is 216 g/mol. The van der Waals surface area contributed by atoms with Crippen molar-refractivity contribution in [3.63, 3.8) is 0 Å². The molecule has 0 aliphatic carbocycles. The molecule has 0 spiro atoms. The zero-order chi connectivity index (χ0) is 11.5. The first-order chi connectivity index (χ1) is 6.87. The number of nitrogens with one attached hydrogen (secondary N) is 2. The summed E-state index contributed by atoms with van der Waals surface area (Å²) >= 11 is 0. The number of aliphatic hydroxyl groups excluding tert-OH is 1. The molecule has 1 aliphatic heterocycles. The normalized spacial score (nSPS) is 19.2. The highest BCUT2D eigenvalue weighted by Crippen LogP contribution is 2.16. The predicted molar refractivity (Wildman–Crippen MR) is 56.7 cm³/mol. The minimum atomic E-state index is -0.484. The number of hydrogen-bond acceptors (Lipinski definition) is 4. The van der Waals surface area contributed by atoms with Crippen LogP contribution in [0.4, 0.5) is 4.79 Å². The fraction of sp³-hybridized carbons (Fsp3) is 0.900. The van der Waals surface area contributed by atoms with Crippen molar-refractivity contribution in [1.82, 2.24) is 10.6 Å². The van der Waals surface area contributed by atoms with Crippen LogP contribution in [-0.4, -0.2) is 42.0 Å². The van der Waals surface area contributed by atoms with E-state index < -0.39 is 11.7 Å². The van der Waals surface area contributed by atoms with Gasteiger partial charge >= 0.3 is 6.09 Å². The van der Waals surface area contributed by atoms with Gasteiger partial charge in [0.25, 0.3) is 0 Å². The summed E-state index contributed by atoms with van der Waals surface area (Å²) in [5.74, 6) is 0. The molecule has 15 heavy (non-hydrogen) atoms. The van der Waals surface area contributed by atoms with E-state index in [1.165, 1.54) is 0 Å². The second kappa shape index (κ2) is 4.37. The van der Waals surface area contributed by atoms with Crippen LogP contribution in [0.5, 0.6) is 0 Å². The Hall–Kier alpha value is -0.810. The van der Waals surface area contributed by atoms with E-state index in [1.807, 2.05) is 20.8 Å². The zero-order valence-corrected chi connectivity index (χ0v) is 9.59. The van der Waals surface area contributed by atoms with Gasteiger partial charge in [0.15, 0.2) is 0 Å². The molecule has 1 fully saturated rings. The fourth-order valence-electron chi connectivity index (χ4n) is 1.49. The van der Waals surface area contributed by atoms with Gasteiger partial charge in [0.1, 0.15) is 5.60 Å². The van der Waals surface area contributed by atoms with Gasteiger partial charge in [0.05, 0.1) is 5.54 Å². The molecule has 5 nitrogen and oxygen atoms in total. The van der Waals surface area contributed by atoms with E-state index in [0.29, 0.717) is 19.5 Å². The second-order valence-corrected chi connectivity index (χ2v) is 4.98. The number of rotatable bonds is 3. The first-order valence-electron chi connectivity index (χ1n) is 5.20. The van der Waals surface area contributed by atoms with E-state index in [1.54, 1.807) is 0 Å². The van der Waals surface area contributed by atoms with Crippen molar-refractivity contribution < 1.29 is 14.6 Å². The van der Waals surface area contributed by atoms with Crippen LogP contribution in [0.3, 0.4) is 0 Å². The highest BCUT2D eigenvalue weighted by molar-refractivity contribution is 5.69. The third-order valence-corrected chi connectivity index (χ3v) is 2.28. The SMILES string of the molecule is CC(C)(C)OC(=O)NC1(CCO)CNC1. The summed E-state index contributed by atoms with van der Waals surface area (Å²) in [6.07, 6.45) is 0.136. The van der Waals surface area contributed by atoms with Crippen molar-refractivity contribution in [1.29, 1.82) is 0 Å². The van der Waals surface area contributed by atoms with Crippen molar-refractivity contribution in [2.45, 2.75) is 38.3 Å². The quantitative estimate of drug-likeness (QED) is 0.632. The van der Waals surface area contributed by atoms with Crippen LogP contribution in [0.15, 0.2) is 0 Å². The molecule has 0 unspecified atom stereocenters. The molecule has 1 saturated heterocycles. The lowest BCUT2D eigenvalue weighted by Gasteiger charge is -2.43. The van der Waals surface area contributed by atoms with Gasteiger partial charge in [0, 0.05) is 19.7 Å². The molecule has 0 aromatic heterocycles. The third kappa shape index (κ3) is 3.68. The molecule has 0 saturated carbocycles. The van der Waals surface area contributed by atoms with Crippen LogP contribution in [0.1, 0.15) is 27.2 Å². The summed E-state index contributed by atoms with van der Waals surface area (Å²) in [5, 5.41) is 14.8. The Labute approximate surface area is 90.2 Å². The van der Waals surface area contributed by atoms with E-state index >= 15 is 0 Å². The number of aliphatic hydroxyl groups is 1. The smallest absolute Gasteiger partial charge is 0.408 e. The minimum absolute atomic E-state index is 0.0669. The Kier molecular flexibility index (Phi) is 3.57. The summed E-state index contributed by atoms with van der Waals surface area (Å²) in [6, 6.07) is 0. The number of ether oxygens (including phenoxy) is 1. The Morgan fingerprint density at radius 3 is 2.47 bits per heavy atom. The van der Waals surface area contributed by atoms with Gasteiger partial charge in [-0.05, 0) is 27.2 Å². The van der Waals surface area contributed by atoms with Crippen molar-refractivity contribution in [2.75, 3.05) is 19.7 Å². The number of amides is 1.